The number of benzene rings is 1. The molecule has 18 heavy (non-hydrogen) atoms. The van der Waals surface area contributed by atoms with E-state index in [1.807, 2.05) is 0 Å². The van der Waals surface area contributed by atoms with Gasteiger partial charge in [0.05, 0.1) is 11.1 Å². The Hall–Kier alpha value is -1.56. The summed E-state index contributed by atoms with van der Waals surface area (Å²) in [6, 6.07) is 3.05. The van der Waals surface area contributed by atoms with Gasteiger partial charge in [0.25, 0.3) is 0 Å². The van der Waals surface area contributed by atoms with Gasteiger partial charge in [-0.05, 0) is 41.9 Å². The Morgan fingerprint density at radius 3 is 2.72 bits per heavy atom. The summed E-state index contributed by atoms with van der Waals surface area (Å²) < 4.78 is 11.1. The SMILES string of the molecule is CCOc1cc(C=O)cc(Br)c1OC(C)C(=O)O. The minimum absolute atomic E-state index is 0.275. The van der Waals surface area contributed by atoms with E-state index in [1.165, 1.54) is 13.0 Å². The molecular formula is C12H13BrO5. The van der Waals surface area contributed by atoms with Gasteiger partial charge in [0.15, 0.2) is 17.6 Å². The summed E-state index contributed by atoms with van der Waals surface area (Å²) in [5, 5.41) is 8.82. The molecule has 0 heterocycles. The van der Waals surface area contributed by atoms with E-state index in [9.17, 15) is 9.59 Å². The van der Waals surface area contributed by atoms with Crippen molar-refractivity contribution in [2.75, 3.05) is 6.61 Å². The molecule has 0 radical (unpaired) electrons. The summed E-state index contributed by atoms with van der Waals surface area (Å²) in [4.78, 5) is 21.5. The average Bonchev–Trinajstić information content (AvgIpc) is 2.32. The summed E-state index contributed by atoms with van der Waals surface area (Å²) in [6.07, 6.45) is -0.333. The van der Waals surface area contributed by atoms with Crippen LogP contribution in [0.4, 0.5) is 0 Å². The number of carboxylic acids is 1. The van der Waals surface area contributed by atoms with E-state index >= 15 is 0 Å². The first-order valence-corrected chi connectivity index (χ1v) is 6.09. The van der Waals surface area contributed by atoms with Crippen LogP contribution in [0.2, 0.25) is 0 Å². The zero-order chi connectivity index (χ0) is 13.7. The van der Waals surface area contributed by atoms with E-state index in [0.717, 1.165) is 0 Å². The second kappa shape index (κ2) is 6.39. The smallest absolute Gasteiger partial charge is 0.344 e. The van der Waals surface area contributed by atoms with Crippen LogP contribution in [0.1, 0.15) is 24.2 Å². The van der Waals surface area contributed by atoms with E-state index < -0.39 is 12.1 Å². The lowest BCUT2D eigenvalue weighted by Crippen LogP contribution is -2.23. The van der Waals surface area contributed by atoms with Gasteiger partial charge in [0.1, 0.15) is 6.29 Å². The number of hydrogen-bond acceptors (Lipinski definition) is 4. The third kappa shape index (κ3) is 3.46. The third-order valence-electron chi connectivity index (χ3n) is 2.11. The van der Waals surface area contributed by atoms with Gasteiger partial charge >= 0.3 is 5.97 Å². The van der Waals surface area contributed by atoms with Crippen LogP contribution < -0.4 is 9.47 Å². The fraction of sp³-hybridized carbons (Fsp3) is 0.333. The van der Waals surface area contributed by atoms with Crippen molar-refractivity contribution in [2.24, 2.45) is 0 Å². The summed E-state index contributed by atoms with van der Waals surface area (Å²) in [7, 11) is 0. The van der Waals surface area contributed by atoms with Gasteiger partial charge in [-0.25, -0.2) is 4.79 Å². The maximum atomic E-state index is 10.8. The zero-order valence-corrected chi connectivity index (χ0v) is 11.6. The lowest BCUT2D eigenvalue weighted by atomic mass is 10.2. The van der Waals surface area contributed by atoms with Crippen LogP contribution >= 0.6 is 15.9 Å². The highest BCUT2D eigenvalue weighted by Crippen LogP contribution is 2.37. The minimum atomic E-state index is -1.08. The molecule has 0 saturated heterocycles. The molecular weight excluding hydrogens is 304 g/mol. The molecule has 0 aromatic heterocycles. The average molecular weight is 317 g/mol. The number of rotatable bonds is 6. The molecule has 6 heteroatoms. The Balaban J connectivity index is 3.15. The molecule has 0 aliphatic carbocycles. The molecule has 0 aliphatic rings. The first-order chi connectivity index (χ1) is 8.49. The van der Waals surface area contributed by atoms with E-state index in [-0.39, 0.29) is 5.75 Å². The van der Waals surface area contributed by atoms with Gasteiger partial charge in [0, 0.05) is 5.56 Å². The Bertz CT molecular complexity index is 458. The van der Waals surface area contributed by atoms with Crippen molar-refractivity contribution < 1.29 is 24.2 Å². The Morgan fingerprint density at radius 2 is 2.22 bits per heavy atom. The number of aldehydes is 1. The van der Waals surface area contributed by atoms with Crippen molar-refractivity contribution in [3.8, 4) is 11.5 Å². The maximum Gasteiger partial charge on any atom is 0.344 e. The Morgan fingerprint density at radius 1 is 1.56 bits per heavy atom. The van der Waals surface area contributed by atoms with Crippen LogP contribution in [0.15, 0.2) is 16.6 Å². The fourth-order valence-corrected chi connectivity index (χ4v) is 1.81. The monoisotopic (exact) mass is 316 g/mol. The first kappa shape index (κ1) is 14.5. The highest BCUT2D eigenvalue weighted by atomic mass is 79.9. The van der Waals surface area contributed by atoms with Crippen LogP contribution in [0, 0.1) is 0 Å². The number of carbonyl (C=O) groups is 2. The van der Waals surface area contributed by atoms with Crippen LogP contribution in [-0.2, 0) is 4.79 Å². The second-order valence-corrected chi connectivity index (χ2v) is 4.33. The second-order valence-electron chi connectivity index (χ2n) is 3.48. The maximum absolute atomic E-state index is 10.8. The molecule has 1 N–H and O–H groups in total. The number of carboxylic acid groups (broad SMARTS) is 1. The van der Waals surface area contributed by atoms with Crippen molar-refractivity contribution in [3.05, 3.63) is 22.2 Å². The summed E-state index contributed by atoms with van der Waals surface area (Å²) >= 11 is 3.23. The van der Waals surface area contributed by atoms with E-state index in [2.05, 4.69) is 15.9 Å². The van der Waals surface area contributed by atoms with Crippen molar-refractivity contribution >= 4 is 28.2 Å². The molecule has 98 valence electrons. The molecule has 0 saturated carbocycles. The molecule has 0 aliphatic heterocycles. The molecule has 1 aromatic rings. The predicted molar refractivity (Wildman–Crippen MR) is 68.4 cm³/mol. The predicted octanol–water partition coefficient (Wildman–Crippen LogP) is 2.51. The molecule has 0 fully saturated rings. The zero-order valence-electron chi connectivity index (χ0n) is 9.97. The molecule has 1 atom stereocenters. The van der Waals surface area contributed by atoms with Crippen LogP contribution in [0.5, 0.6) is 11.5 Å². The van der Waals surface area contributed by atoms with Crippen molar-refractivity contribution in [3.63, 3.8) is 0 Å². The number of carbonyl (C=O) groups excluding carboxylic acids is 1. The van der Waals surface area contributed by atoms with Gasteiger partial charge in [0.2, 0.25) is 0 Å². The molecule has 0 spiro atoms. The molecule has 0 bridgehead atoms. The number of halogens is 1. The molecule has 1 aromatic carbocycles. The quantitative estimate of drug-likeness (QED) is 0.816. The van der Waals surface area contributed by atoms with Crippen molar-refractivity contribution in [2.45, 2.75) is 20.0 Å². The Labute approximate surface area is 113 Å². The first-order valence-electron chi connectivity index (χ1n) is 5.30. The molecule has 5 nitrogen and oxygen atoms in total. The van der Waals surface area contributed by atoms with Crippen molar-refractivity contribution in [1.29, 1.82) is 0 Å². The van der Waals surface area contributed by atoms with Crippen LogP contribution in [0.25, 0.3) is 0 Å². The van der Waals surface area contributed by atoms with Crippen molar-refractivity contribution in [1.82, 2.24) is 0 Å². The van der Waals surface area contributed by atoms with E-state index in [0.29, 0.717) is 28.7 Å². The Kier molecular flexibility index (Phi) is 5.15. The largest absolute Gasteiger partial charge is 0.490 e. The lowest BCUT2D eigenvalue weighted by molar-refractivity contribution is -0.144. The van der Waals surface area contributed by atoms with Gasteiger partial charge in [-0.1, -0.05) is 0 Å². The van der Waals surface area contributed by atoms with Gasteiger partial charge in [-0.3, -0.25) is 4.79 Å². The molecule has 1 rings (SSSR count). The molecule has 1 unspecified atom stereocenters. The van der Waals surface area contributed by atoms with Gasteiger partial charge in [-0.15, -0.1) is 0 Å². The van der Waals surface area contributed by atoms with Gasteiger partial charge in [-0.2, -0.15) is 0 Å². The number of hydrogen-bond donors (Lipinski definition) is 1. The fourth-order valence-electron chi connectivity index (χ4n) is 1.26. The summed E-state index contributed by atoms with van der Waals surface area (Å²) in [6.45, 7) is 3.58. The topological polar surface area (TPSA) is 72.8 Å². The van der Waals surface area contributed by atoms with Gasteiger partial charge < -0.3 is 14.6 Å². The lowest BCUT2D eigenvalue weighted by Gasteiger charge is -2.16. The minimum Gasteiger partial charge on any atom is -0.490 e. The van der Waals surface area contributed by atoms with Crippen LogP contribution in [-0.4, -0.2) is 30.1 Å². The normalized spacial score (nSPS) is 11.7. The van der Waals surface area contributed by atoms with Crippen LogP contribution in [0.3, 0.4) is 0 Å². The van der Waals surface area contributed by atoms with E-state index in [4.69, 9.17) is 14.6 Å². The molecule has 0 amide bonds. The van der Waals surface area contributed by atoms with E-state index in [1.54, 1.807) is 13.0 Å². The highest BCUT2D eigenvalue weighted by Gasteiger charge is 2.19. The summed E-state index contributed by atoms with van der Waals surface area (Å²) in [5.41, 5.74) is 0.417. The number of aliphatic carboxylic acids is 1. The number of ether oxygens (including phenoxy) is 2. The summed E-state index contributed by atoms with van der Waals surface area (Å²) in [5.74, 6) is -0.469. The third-order valence-corrected chi connectivity index (χ3v) is 2.70. The highest BCUT2D eigenvalue weighted by molar-refractivity contribution is 9.10. The standard InChI is InChI=1S/C12H13BrO5/c1-3-17-10-5-8(6-14)4-9(13)11(10)18-7(2)12(15)16/h4-7H,3H2,1-2H3,(H,15,16).